The van der Waals surface area contributed by atoms with Crippen molar-refractivity contribution in [2.24, 2.45) is 5.73 Å². The van der Waals surface area contributed by atoms with Gasteiger partial charge in [0.05, 0.1) is 4.92 Å². The summed E-state index contributed by atoms with van der Waals surface area (Å²) in [5.41, 5.74) is 6.82. The van der Waals surface area contributed by atoms with Crippen molar-refractivity contribution in [1.29, 1.82) is 5.26 Å². The van der Waals surface area contributed by atoms with Gasteiger partial charge >= 0.3 is 0 Å². The average molecular weight is 274 g/mol. The quantitative estimate of drug-likeness (QED) is 0.673. The highest BCUT2D eigenvalue weighted by molar-refractivity contribution is 5.60. The van der Waals surface area contributed by atoms with Gasteiger partial charge in [-0.25, -0.2) is 0 Å². The smallest absolute Gasteiger partial charge is 0.287 e. The van der Waals surface area contributed by atoms with Crippen LogP contribution in [-0.4, -0.2) is 23.6 Å². The molecule has 6 nitrogen and oxygen atoms in total. The number of anilines is 1. The topological polar surface area (TPSA) is 96.2 Å². The molecule has 2 atom stereocenters. The fraction of sp³-hybridized carbons (Fsp3) is 0.500. The normalized spacial score (nSPS) is 20.2. The maximum Gasteiger partial charge on any atom is 0.287 e. The predicted octanol–water partition coefficient (Wildman–Crippen LogP) is 2.17. The molecule has 2 rings (SSSR count). The Kier molecular flexibility index (Phi) is 4.20. The molecule has 1 aliphatic heterocycles. The van der Waals surface area contributed by atoms with E-state index in [0.29, 0.717) is 0 Å². The maximum absolute atomic E-state index is 10.9. The van der Waals surface area contributed by atoms with Gasteiger partial charge in [0.2, 0.25) is 0 Å². The van der Waals surface area contributed by atoms with Crippen LogP contribution in [0, 0.1) is 21.4 Å². The first kappa shape index (κ1) is 14.3. The van der Waals surface area contributed by atoms with Crippen molar-refractivity contribution in [3.05, 3.63) is 33.9 Å². The minimum absolute atomic E-state index is 0.0241. The molecule has 2 unspecified atom stereocenters. The SMILES string of the molecule is CC(N)C1CCCCN1c1ccc([N+](=O)[O-])c(C#N)c1. The molecular weight excluding hydrogens is 256 g/mol. The van der Waals surface area contributed by atoms with Crippen LogP contribution in [0.2, 0.25) is 0 Å². The van der Waals surface area contributed by atoms with E-state index in [9.17, 15) is 10.1 Å². The van der Waals surface area contributed by atoms with Crippen LogP contribution in [0.3, 0.4) is 0 Å². The van der Waals surface area contributed by atoms with E-state index in [1.165, 1.54) is 6.07 Å². The maximum atomic E-state index is 10.9. The van der Waals surface area contributed by atoms with E-state index in [4.69, 9.17) is 11.0 Å². The third-order valence-electron chi connectivity index (χ3n) is 3.79. The Labute approximate surface area is 117 Å². The minimum Gasteiger partial charge on any atom is -0.367 e. The molecule has 6 heteroatoms. The monoisotopic (exact) mass is 274 g/mol. The van der Waals surface area contributed by atoms with Crippen LogP contribution in [0.15, 0.2) is 18.2 Å². The van der Waals surface area contributed by atoms with Gasteiger partial charge in [0, 0.05) is 30.4 Å². The highest BCUT2D eigenvalue weighted by atomic mass is 16.6. The number of nitro groups is 1. The summed E-state index contributed by atoms with van der Waals surface area (Å²) in [5, 5.41) is 19.9. The number of nitrogens with two attached hydrogens (primary N) is 1. The van der Waals surface area contributed by atoms with Crippen molar-refractivity contribution >= 4 is 11.4 Å². The van der Waals surface area contributed by atoms with Gasteiger partial charge in [-0.1, -0.05) is 0 Å². The van der Waals surface area contributed by atoms with Gasteiger partial charge in [0.15, 0.2) is 0 Å². The van der Waals surface area contributed by atoms with Crippen LogP contribution < -0.4 is 10.6 Å². The molecular formula is C14H18N4O2. The van der Waals surface area contributed by atoms with E-state index in [2.05, 4.69) is 4.90 Å². The second-order valence-electron chi connectivity index (χ2n) is 5.19. The summed E-state index contributed by atoms with van der Waals surface area (Å²) in [6.45, 7) is 2.84. The minimum atomic E-state index is -0.526. The number of hydrogen-bond donors (Lipinski definition) is 1. The molecule has 1 fully saturated rings. The molecule has 0 saturated carbocycles. The number of rotatable bonds is 3. The Morgan fingerprint density at radius 2 is 2.30 bits per heavy atom. The third kappa shape index (κ3) is 2.73. The van der Waals surface area contributed by atoms with Crippen molar-refractivity contribution in [3.8, 4) is 6.07 Å². The molecule has 1 aromatic rings. The molecule has 0 aliphatic carbocycles. The van der Waals surface area contributed by atoms with Crippen LogP contribution in [0.4, 0.5) is 11.4 Å². The van der Waals surface area contributed by atoms with Crippen LogP contribution in [0.1, 0.15) is 31.7 Å². The van der Waals surface area contributed by atoms with Gasteiger partial charge in [-0.15, -0.1) is 0 Å². The Hall–Kier alpha value is -2.13. The Morgan fingerprint density at radius 1 is 1.55 bits per heavy atom. The summed E-state index contributed by atoms with van der Waals surface area (Å²) in [4.78, 5) is 12.5. The lowest BCUT2D eigenvalue weighted by Gasteiger charge is -2.39. The first-order chi connectivity index (χ1) is 9.54. The lowest BCUT2D eigenvalue weighted by atomic mass is 9.96. The average Bonchev–Trinajstić information content (AvgIpc) is 2.46. The first-order valence-corrected chi connectivity index (χ1v) is 6.75. The van der Waals surface area contributed by atoms with Gasteiger partial charge in [-0.3, -0.25) is 10.1 Å². The highest BCUT2D eigenvalue weighted by Gasteiger charge is 2.27. The van der Waals surface area contributed by atoms with E-state index >= 15 is 0 Å². The van der Waals surface area contributed by atoms with Crippen molar-refractivity contribution in [1.82, 2.24) is 0 Å². The van der Waals surface area contributed by atoms with Crippen LogP contribution in [0.25, 0.3) is 0 Å². The van der Waals surface area contributed by atoms with E-state index in [0.717, 1.165) is 31.5 Å². The van der Waals surface area contributed by atoms with Crippen molar-refractivity contribution in [3.63, 3.8) is 0 Å². The van der Waals surface area contributed by atoms with Gasteiger partial charge in [-0.2, -0.15) is 5.26 Å². The van der Waals surface area contributed by atoms with E-state index in [-0.39, 0.29) is 23.3 Å². The van der Waals surface area contributed by atoms with Crippen molar-refractivity contribution < 1.29 is 4.92 Å². The summed E-state index contributed by atoms with van der Waals surface area (Å²) in [6.07, 6.45) is 3.22. The summed E-state index contributed by atoms with van der Waals surface area (Å²) in [7, 11) is 0. The summed E-state index contributed by atoms with van der Waals surface area (Å²) >= 11 is 0. The number of nitrogens with zero attached hydrogens (tertiary/aromatic N) is 3. The fourth-order valence-electron chi connectivity index (χ4n) is 2.78. The number of piperidine rings is 1. The number of benzene rings is 1. The first-order valence-electron chi connectivity index (χ1n) is 6.75. The van der Waals surface area contributed by atoms with Crippen LogP contribution in [-0.2, 0) is 0 Å². The predicted molar refractivity (Wildman–Crippen MR) is 76.4 cm³/mol. The number of nitriles is 1. The molecule has 0 radical (unpaired) electrons. The van der Waals surface area contributed by atoms with E-state index < -0.39 is 4.92 Å². The molecule has 0 amide bonds. The van der Waals surface area contributed by atoms with Gasteiger partial charge in [-0.05, 0) is 38.3 Å². The zero-order chi connectivity index (χ0) is 14.7. The molecule has 1 aromatic carbocycles. The zero-order valence-corrected chi connectivity index (χ0v) is 11.5. The van der Waals surface area contributed by atoms with Gasteiger partial charge in [0.25, 0.3) is 5.69 Å². The van der Waals surface area contributed by atoms with Gasteiger partial charge < -0.3 is 10.6 Å². The van der Waals surface area contributed by atoms with E-state index in [1.807, 2.05) is 13.0 Å². The Bertz CT molecular complexity index is 551. The Morgan fingerprint density at radius 3 is 2.90 bits per heavy atom. The van der Waals surface area contributed by atoms with Gasteiger partial charge in [0.1, 0.15) is 11.6 Å². The fourth-order valence-corrected chi connectivity index (χ4v) is 2.78. The van der Waals surface area contributed by atoms with Crippen molar-refractivity contribution in [2.45, 2.75) is 38.3 Å². The molecule has 1 aliphatic rings. The Balaban J connectivity index is 2.37. The number of hydrogen-bond acceptors (Lipinski definition) is 5. The van der Waals surface area contributed by atoms with Crippen LogP contribution >= 0.6 is 0 Å². The summed E-state index contributed by atoms with van der Waals surface area (Å²) in [6, 6.07) is 6.85. The molecule has 0 aromatic heterocycles. The summed E-state index contributed by atoms with van der Waals surface area (Å²) in [5.74, 6) is 0. The largest absolute Gasteiger partial charge is 0.367 e. The molecule has 20 heavy (non-hydrogen) atoms. The molecule has 1 saturated heterocycles. The lowest BCUT2D eigenvalue weighted by molar-refractivity contribution is -0.385. The molecule has 0 spiro atoms. The molecule has 2 N–H and O–H groups in total. The number of nitro benzene ring substituents is 1. The standard InChI is InChI=1S/C14H18N4O2/c1-10(16)13-4-2-3-7-17(13)12-5-6-14(18(19)20)11(8-12)9-15/h5-6,8,10,13H,2-4,7,16H2,1H3. The second-order valence-corrected chi connectivity index (χ2v) is 5.19. The van der Waals surface area contributed by atoms with Crippen LogP contribution in [0.5, 0.6) is 0 Å². The zero-order valence-electron chi connectivity index (χ0n) is 11.5. The third-order valence-corrected chi connectivity index (χ3v) is 3.79. The lowest BCUT2D eigenvalue weighted by Crippen LogP contribution is -2.49. The summed E-state index contributed by atoms with van der Waals surface area (Å²) < 4.78 is 0. The molecule has 0 bridgehead atoms. The van der Waals surface area contributed by atoms with E-state index in [1.54, 1.807) is 12.1 Å². The second kappa shape index (κ2) is 5.88. The highest BCUT2D eigenvalue weighted by Crippen LogP contribution is 2.30. The van der Waals surface area contributed by atoms with Crippen molar-refractivity contribution in [2.75, 3.05) is 11.4 Å². The molecule has 106 valence electrons. The molecule has 1 heterocycles.